The molecule has 0 aliphatic carbocycles. The summed E-state index contributed by atoms with van der Waals surface area (Å²) in [6, 6.07) is 12.7. The van der Waals surface area contributed by atoms with E-state index in [1.54, 1.807) is 35.8 Å². The Morgan fingerprint density at radius 1 is 1.19 bits per heavy atom. The molecule has 8 heteroatoms. The molecule has 4 rings (SSSR count). The molecule has 7 nitrogen and oxygen atoms in total. The Morgan fingerprint density at radius 2 is 2.11 bits per heavy atom. The maximum absolute atomic E-state index is 12.5. The van der Waals surface area contributed by atoms with Gasteiger partial charge in [-0.3, -0.25) is 0 Å². The fourth-order valence-electron chi connectivity index (χ4n) is 2.44. The number of rotatable bonds is 7. The molecule has 3 aromatic heterocycles. The topological polar surface area (TPSA) is 90.4 Å². The molecule has 0 saturated carbocycles. The van der Waals surface area contributed by atoms with E-state index in [2.05, 4.69) is 15.5 Å². The second kappa shape index (κ2) is 7.88. The number of nitrogens with one attached hydrogen (secondary N) is 1. The number of esters is 1. The average molecular weight is 381 g/mol. The Kier molecular flexibility index (Phi) is 4.97. The third kappa shape index (κ3) is 4.06. The van der Waals surface area contributed by atoms with Gasteiger partial charge in [-0.1, -0.05) is 17.3 Å². The molecule has 0 bridgehead atoms. The lowest BCUT2D eigenvalue weighted by Crippen LogP contribution is -2.10. The summed E-state index contributed by atoms with van der Waals surface area (Å²) >= 11 is 1.54. The van der Waals surface area contributed by atoms with Crippen molar-refractivity contribution >= 4 is 23.0 Å². The van der Waals surface area contributed by atoms with Crippen molar-refractivity contribution in [3.63, 3.8) is 0 Å². The predicted octanol–water partition coefficient (Wildman–Crippen LogP) is 4.36. The van der Waals surface area contributed by atoms with Gasteiger partial charge in [-0.15, -0.1) is 0 Å². The molecular formula is C19H15N3O4S. The Labute approximate surface area is 158 Å². The minimum atomic E-state index is -0.479. The van der Waals surface area contributed by atoms with Crippen LogP contribution in [0.3, 0.4) is 0 Å². The molecule has 0 amide bonds. The lowest BCUT2D eigenvalue weighted by molar-refractivity contribution is 0.0431. The summed E-state index contributed by atoms with van der Waals surface area (Å²) in [4.78, 5) is 16.7. The van der Waals surface area contributed by atoms with Crippen LogP contribution in [0.1, 0.15) is 22.0 Å². The van der Waals surface area contributed by atoms with E-state index in [1.165, 1.54) is 0 Å². The number of aromatic nitrogens is 2. The fourth-order valence-corrected chi connectivity index (χ4v) is 3.07. The quantitative estimate of drug-likeness (QED) is 0.476. The summed E-state index contributed by atoms with van der Waals surface area (Å²) in [5.74, 6) is 1.01. The summed E-state index contributed by atoms with van der Waals surface area (Å²) in [5, 5.41) is 10.9. The zero-order valence-corrected chi connectivity index (χ0v) is 14.9. The van der Waals surface area contributed by atoms with Crippen molar-refractivity contribution in [2.24, 2.45) is 0 Å². The van der Waals surface area contributed by atoms with Crippen molar-refractivity contribution in [3.05, 3.63) is 76.7 Å². The van der Waals surface area contributed by atoms with Gasteiger partial charge in [-0.2, -0.15) is 16.3 Å². The molecule has 0 saturated heterocycles. The van der Waals surface area contributed by atoms with Crippen LogP contribution in [0.4, 0.5) is 5.69 Å². The first kappa shape index (κ1) is 17.0. The number of carbonyl (C=O) groups excluding carboxylic acids is 1. The molecule has 0 radical (unpaired) electrons. The molecule has 0 spiro atoms. The highest BCUT2D eigenvalue weighted by atomic mass is 32.1. The van der Waals surface area contributed by atoms with Gasteiger partial charge in [0.1, 0.15) is 5.76 Å². The van der Waals surface area contributed by atoms with Gasteiger partial charge in [-0.25, -0.2) is 4.79 Å². The van der Waals surface area contributed by atoms with Crippen molar-refractivity contribution in [2.75, 3.05) is 5.32 Å². The van der Waals surface area contributed by atoms with Crippen LogP contribution in [-0.4, -0.2) is 16.1 Å². The Hall–Kier alpha value is -3.39. The number of thiophene rings is 1. The molecule has 0 atom stereocenters. The van der Waals surface area contributed by atoms with Crippen LogP contribution in [0, 0.1) is 0 Å². The van der Waals surface area contributed by atoms with Crippen molar-refractivity contribution in [3.8, 4) is 11.4 Å². The maximum Gasteiger partial charge on any atom is 0.340 e. The van der Waals surface area contributed by atoms with Gasteiger partial charge in [0.2, 0.25) is 5.82 Å². The molecule has 0 unspecified atom stereocenters. The largest absolute Gasteiger partial charge is 0.467 e. The van der Waals surface area contributed by atoms with E-state index >= 15 is 0 Å². The number of benzene rings is 1. The maximum atomic E-state index is 12.5. The van der Waals surface area contributed by atoms with Crippen molar-refractivity contribution < 1.29 is 18.5 Å². The molecule has 1 aromatic carbocycles. The van der Waals surface area contributed by atoms with Crippen molar-refractivity contribution in [1.29, 1.82) is 0 Å². The summed E-state index contributed by atoms with van der Waals surface area (Å²) in [6.07, 6.45) is 1.60. The van der Waals surface area contributed by atoms with Gasteiger partial charge in [0, 0.05) is 16.6 Å². The number of hydrogen-bond acceptors (Lipinski definition) is 8. The lowest BCUT2D eigenvalue weighted by Gasteiger charge is -2.10. The van der Waals surface area contributed by atoms with Crippen molar-refractivity contribution in [1.82, 2.24) is 10.1 Å². The van der Waals surface area contributed by atoms with Crippen molar-refractivity contribution in [2.45, 2.75) is 13.2 Å². The normalized spacial score (nSPS) is 10.7. The molecular weight excluding hydrogens is 366 g/mol. The highest BCUT2D eigenvalue weighted by Gasteiger charge is 2.15. The van der Waals surface area contributed by atoms with Gasteiger partial charge >= 0.3 is 5.97 Å². The van der Waals surface area contributed by atoms with Gasteiger partial charge in [0.25, 0.3) is 5.89 Å². The summed E-state index contributed by atoms with van der Waals surface area (Å²) in [6.45, 7) is 0.368. The first-order chi connectivity index (χ1) is 13.3. The first-order valence-electron chi connectivity index (χ1n) is 8.17. The third-order valence-electron chi connectivity index (χ3n) is 3.75. The molecule has 0 aliphatic rings. The first-order valence-corrected chi connectivity index (χ1v) is 9.11. The van der Waals surface area contributed by atoms with E-state index in [1.807, 2.05) is 35.0 Å². The lowest BCUT2D eigenvalue weighted by atomic mass is 10.2. The molecule has 3 heterocycles. The minimum Gasteiger partial charge on any atom is -0.467 e. The summed E-state index contributed by atoms with van der Waals surface area (Å²) in [7, 11) is 0. The molecule has 0 fully saturated rings. The van der Waals surface area contributed by atoms with Gasteiger partial charge < -0.3 is 19.0 Å². The standard InChI is InChI=1S/C19H15N3O4S/c23-19(25-11-17-21-18(22-26-17)13-7-9-27-12-13)15-5-1-2-6-16(15)20-10-14-4-3-8-24-14/h1-9,12,20H,10-11H2. The molecule has 4 aromatic rings. The van der Waals surface area contributed by atoms with E-state index in [4.69, 9.17) is 13.7 Å². The second-order valence-corrected chi connectivity index (χ2v) is 6.36. The Bertz CT molecular complexity index is 1010. The van der Waals surface area contributed by atoms with E-state index in [0.717, 1.165) is 11.3 Å². The van der Waals surface area contributed by atoms with Gasteiger partial charge in [0.05, 0.1) is 18.4 Å². The van der Waals surface area contributed by atoms with Crippen LogP contribution in [0.2, 0.25) is 0 Å². The number of para-hydroxylation sites is 1. The summed E-state index contributed by atoms with van der Waals surface area (Å²) in [5.41, 5.74) is 1.94. The van der Waals surface area contributed by atoms with E-state index in [9.17, 15) is 4.79 Å². The monoisotopic (exact) mass is 381 g/mol. The van der Waals surface area contributed by atoms with E-state index in [-0.39, 0.29) is 12.5 Å². The summed E-state index contributed by atoms with van der Waals surface area (Å²) < 4.78 is 15.8. The number of furan rings is 1. The SMILES string of the molecule is O=C(OCc1nc(-c2ccsc2)no1)c1ccccc1NCc1ccco1. The van der Waals surface area contributed by atoms with Crippen LogP contribution >= 0.6 is 11.3 Å². The molecule has 1 N–H and O–H groups in total. The second-order valence-electron chi connectivity index (χ2n) is 5.58. The van der Waals surface area contributed by atoms with Crippen LogP contribution in [0.15, 0.2) is 68.4 Å². The molecule has 136 valence electrons. The number of carbonyl (C=O) groups is 1. The average Bonchev–Trinajstić information content (AvgIpc) is 3.47. The van der Waals surface area contributed by atoms with Crippen LogP contribution in [0.25, 0.3) is 11.4 Å². The molecule has 0 aliphatic heterocycles. The van der Waals surface area contributed by atoms with Crippen LogP contribution < -0.4 is 5.32 Å². The zero-order chi connectivity index (χ0) is 18.5. The predicted molar refractivity (Wildman–Crippen MR) is 99.2 cm³/mol. The van der Waals surface area contributed by atoms with E-state index in [0.29, 0.717) is 23.6 Å². The number of hydrogen-bond donors (Lipinski definition) is 1. The number of ether oxygens (including phenoxy) is 1. The van der Waals surface area contributed by atoms with Crippen LogP contribution in [0.5, 0.6) is 0 Å². The highest BCUT2D eigenvalue weighted by molar-refractivity contribution is 7.08. The third-order valence-corrected chi connectivity index (χ3v) is 4.44. The Morgan fingerprint density at radius 3 is 2.93 bits per heavy atom. The van der Waals surface area contributed by atoms with E-state index < -0.39 is 5.97 Å². The fraction of sp³-hybridized carbons (Fsp3) is 0.105. The smallest absolute Gasteiger partial charge is 0.340 e. The number of anilines is 1. The minimum absolute atomic E-state index is 0.0948. The molecule has 27 heavy (non-hydrogen) atoms. The van der Waals surface area contributed by atoms with Gasteiger partial charge in [-0.05, 0) is 35.7 Å². The number of nitrogens with zero attached hydrogens (tertiary/aromatic N) is 2. The van der Waals surface area contributed by atoms with Gasteiger partial charge in [0.15, 0.2) is 6.61 Å². The zero-order valence-electron chi connectivity index (χ0n) is 14.1. The highest BCUT2D eigenvalue weighted by Crippen LogP contribution is 2.20. The van der Waals surface area contributed by atoms with Crippen LogP contribution in [-0.2, 0) is 17.9 Å². The Balaban J connectivity index is 1.39.